The first-order chi connectivity index (χ1) is 10.2. The van der Waals surface area contributed by atoms with Gasteiger partial charge in [0.15, 0.2) is 0 Å². The zero-order valence-electron chi connectivity index (χ0n) is 12.9. The summed E-state index contributed by atoms with van der Waals surface area (Å²) in [4.78, 5) is 0. The van der Waals surface area contributed by atoms with Crippen molar-refractivity contribution < 1.29 is 14.6 Å². The number of ether oxygens (including phenoxy) is 2. The molecule has 2 fully saturated rings. The van der Waals surface area contributed by atoms with Crippen molar-refractivity contribution in [2.45, 2.75) is 69.7 Å². The Hall–Kier alpha value is -1.06. The van der Waals surface area contributed by atoms with E-state index in [2.05, 4.69) is 0 Å². The molecule has 2 aliphatic rings. The zero-order chi connectivity index (χ0) is 14.7. The lowest BCUT2D eigenvalue weighted by molar-refractivity contribution is -0.0748. The first kappa shape index (κ1) is 14.9. The molecule has 2 atom stereocenters. The topological polar surface area (TPSA) is 38.7 Å². The molecule has 0 radical (unpaired) electrons. The molecule has 1 saturated carbocycles. The lowest BCUT2D eigenvalue weighted by atomic mass is 9.83. The Labute approximate surface area is 127 Å². The van der Waals surface area contributed by atoms with Crippen LogP contribution in [0.15, 0.2) is 24.3 Å². The van der Waals surface area contributed by atoms with Gasteiger partial charge in [-0.25, -0.2) is 0 Å². The van der Waals surface area contributed by atoms with Crippen molar-refractivity contribution in [3.8, 4) is 5.75 Å². The lowest BCUT2D eigenvalue weighted by Crippen LogP contribution is -2.32. The molecular formula is C18H26O3. The molecule has 0 bridgehead atoms. The van der Waals surface area contributed by atoms with Crippen molar-refractivity contribution in [1.82, 2.24) is 0 Å². The van der Waals surface area contributed by atoms with Crippen molar-refractivity contribution in [3.05, 3.63) is 29.8 Å². The Kier molecular flexibility index (Phi) is 4.51. The summed E-state index contributed by atoms with van der Waals surface area (Å²) < 4.78 is 12.2. The second kappa shape index (κ2) is 6.37. The Morgan fingerprint density at radius 3 is 2.57 bits per heavy atom. The predicted molar refractivity (Wildman–Crippen MR) is 82.5 cm³/mol. The molecule has 116 valence electrons. The Balaban J connectivity index is 1.49. The summed E-state index contributed by atoms with van der Waals surface area (Å²) in [5, 5.41) is 9.50. The van der Waals surface area contributed by atoms with Gasteiger partial charge in [0.2, 0.25) is 0 Å². The molecule has 1 aliphatic heterocycles. The maximum Gasteiger partial charge on any atom is 0.119 e. The van der Waals surface area contributed by atoms with E-state index >= 15 is 0 Å². The third-order valence-electron chi connectivity index (χ3n) is 4.90. The maximum atomic E-state index is 9.50. The molecule has 3 heteroatoms. The zero-order valence-corrected chi connectivity index (χ0v) is 12.9. The molecule has 1 aliphatic carbocycles. The van der Waals surface area contributed by atoms with Crippen LogP contribution in [0.4, 0.5) is 0 Å². The molecule has 1 aromatic rings. The highest BCUT2D eigenvalue weighted by Gasteiger charge is 2.40. The standard InChI is InChI=1S/C18H26O3/c1-14(19)15-5-7-16(8-6-15)20-13-17-9-12-18(21-17)10-3-2-4-11-18/h5-8,14,17,19H,2-4,9-13H2,1H3/t14-,17?/m1/s1. The van der Waals surface area contributed by atoms with Gasteiger partial charge in [-0.2, -0.15) is 0 Å². The van der Waals surface area contributed by atoms with E-state index in [-0.39, 0.29) is 11.7 Å². The van der Waals surface area contributed by atoms with Gasteiger partial charge in [-0.1, -0.05) is 31.4 Å². The van der Waals surface area contributed by atoms with Crippen LogP contribution in [-0.2, 0) is 4.74 Å². The highest BCUT2D eigenvalue weighted by atomic mass is 16.6. The molecule has 21 heavy (non-hydrogen) atoms. The lowest BCUT2D eigenvalue weighted by Gasteiger charge is -2.33. The van der Waals surface area contributed by atoms with Crippen molar-refractivity contribution in [2.24, 2.45) is 0 Å². The second-order valence-corrected chi connectivity index (χ2v) is 6.58. The minimum Gasteiger partial charge on any atom is -0.491 e. The van der Waals surface area contributed by atoms with Crippen LogP contribution in [0.2, 0.25) is 0 Å². The van der Waals surface area contributed by atoms with E-state index in [0.29, 0.717) is 6.61 Å². The second-order valence-electron chi connectivity index (χ2n) is 6.58. The van der Waals surface area contributed by atoms with E-state index in [4.69, 9.17) is 9.47 Å². The van der Waals surface area contributed by atoms with Gasteiger partial charge in [0.1, 0.15) is 12.4 Å². The molecule has 0 amide bonds. The number of hydrogen-bond acceptors (Lipinski definition) is 3. The van der Waals surface area contributed by atoms with Crippen LogP contribution in [0.25, 0.3) is 0 Å². The third-order valence-corrected chi connectivity index (χ3v) is 4.90. The monoisotopic (exact) mass is 290 g/mol. The Morgan fingerprint density at radius 1 is 1.19 bits per heavy atom. The smallest absolute Gasteiger partial charge is 0.119 e. The quantitative estimate of drug-likeness (QED) is 0.911. The van der Waals surface area contributed by atoms with E-state index in [9.17, 15) is 5.11 Å². The average Bonchev–Trinajstić information content (AvgIpc) is 2.89. The minimum atomic E-state index is -0.427. The molecular weight excluding hydrogens is 264 g/mol. The van der Waals surface area contributed by atoms with Crippen LogP contribution >= 0.6 is 0 Å². The SMILES string of the molecule is C[C@@H](O)c1ccc(OCC2CCC3(CCCCC3)O2)cc1. The Morgan fingerprint density at radius 2 is 1.90 bits per heavy atom. The molecule has 1 N–H and O–H groups in total. The first-order valence-corrected chi connectivity index (χ1v) is 8.26. The number of aliphatic hydroxyl groups excluding tert-OH is 1. The molecule has 3 rings (SSSR count). The predicted octanol–water partition coefficient (Wildman–Crippen LogP) is 4.00. The maximum absolute atomic E-state index is 9.50. The summed E-state index contributed by atoms with van der Waals surface area (Å²) in [6.45, 7) is 2.40. The highest BCUT2D eigenvalue weighted by molar-refractivity contribution is 5.28. The van der Waals surface area contributed by atoms with Crippen molar-refractivity contribution >= 4 is 0 Å². The molecule has 1 heterocycles. The van der Waals surface area contributed by atoms with Gasteiger partial charge in [-0.05, 0) is 50.3 Å². The van der Waals surface area contributed by atoms with Gasteiger partial charge in [0.05, 0.1) is 17.8 Å². The first-order valence-electron chi connectivity index (χ1n) is 8.26. The van der Waals surface area contributed by atoms with Crippen LogP contribution < -0.4 is 4.74 Å². The normalized spacial score (nSPS) is 25.9. The van der Waals surface area contributed by atoms with Gasteiger partial charge in [-0.15, -0.1) is 0 Å². The minimum absolute atomic E-state index is 0.169. The van der Waals surface area contributed by atoms with E-state index in [0.717, 1.165) is 17.7 Å². The van der Waals surface area contributed by atoms with Gasteiger partial charge in [0, 0.05) is 0 Å². The largest absolute Gasteiger partial charge is 0.491 e. The van der Waals surface area contributed by atoms with E-state index < -0.39 is 6.10 Å². The summed E-state index contributed by atoms with van der Waals surface area (Å²) in [5.41, 5.74) is 1.09. The molecule has 1 aromatic carbocycles. The number of benzene rings is 1. The highest BCUT2D eigenvalue weighted by Crippen LogP contribution is 2.41. The number of rotatable bonds is 4. The molecule has 0 aromatic heterocycles. The fraction of sp³-hybridized carbons (Fsp3) is 0.667. The summed E-state index contributed by atoms with van der Waals surface area (Å²) in [5.74, 6) is 0.854. The molecule has 1 spiro atoms. The van der Waals surface area contributed by atoms with Crippen molar-refractivity contribution in [1.29, 1.82) is 0 Å². The number of aliphatic hydroxyl groups is 1. The van der Waals surface area contributed by atoms with Crippen LogP contribution in [0.5, 0.6) is 5.75 Å². The summed E-state index contributed by atoms with van der Waals surface area (Å²) in [6.07, 6.45) is 8.57. The van der Waals surface area contributed by atoms with Gasteiger partial charge in [0.25, 0.3) is 0 Å². The van der Waals surface area contributed by atoms with Crippen molar-refractivity contribution in [3.63, 3.8) is 0 Å². The number of hydrogen-bond donors (Lipinski definition) is 1. The van der Waals surface area contributed by atoms with Crippen molar-refractivity contribution in [2.75, 3.05) is 6.61 Å². The van der Waals surface area contributed by atoms with Gasteiger partial charge in [-0.3, -0.25) is 0 Å². The summed E-state index contributed by atoms with van der Waals surface area (Å²) in [6, 6.07) is 7.68. The fourth-order valence-electron chi connectivity index (χ4n) is 3.61. The van der Waals surface area contributed by atoms with Gasteiger partial charge >= 0.3 is 0 Å². The summed E-state index contributed by atoms with van der Waals surface area (Å²) in [7, 11) is 0. The van der Waals surface area contributed by atoms with E-state index in [1.54, 1.807) is 6.92 Å². The molecule has 3 nitrogen and oxygen atoms in total. The van der Waals surface area contributed by atoms with E-state index in [1.165, 1.54) is 38.5 Å². The van der Waals surface area contributed by atoms with Crippen LogP contribution in [0.1, 0.15) is 63.5 Å². The van der Waals surface area contributed by atoms with Crippen LogP contribution in [-0.4, -0.2) is 23.4 Å². The molecule has 1 saturated heterocycles. The van der Waals surface area contributed by atoms with Gasteiger partial charge < -0.3 is 14.6 Å². The Bertz CT molecular complexity index is 446. The van der Waals surface area contributed by atoms with Crippen LogP contribution in [0.3, 0.4) is 0 Å². The fourth-order valence-corrected chi connectivity index (χ4v) is 3.61. The van der Waals surface area contributed by atoms with E-state index in [1.807, 2.05) is 24.3 Å². The molecule has 1 unspecified atom stereocenters. The van der Waals surface area contributed by atoms with Crippen LogP contribution in [0, 0.1) is 0 Å². The summed E-state index contributed by atoms with van der Waals surface area (Å²) >= 11 is 0. The average molecular weight is 290 g/mol. The third kappa shape index (κ3) is 3.58.